The first-order valence-corrected chi connectivity index (χ1v) is 5.40. The number of rotatable bonds is 3. The zero-order valence-corrected chi connectivity index (χ0v) is 9.08. The summed E-state index contributed by atoms with van der Waals surface area (Å²) in [4.78, 5) is 11.5. The molecule has 0 unspecified atom stereocenters. The van der Waals surface area contributed by atoms with Crippen molar-refractivity contribution >= 4 is 12.6 Å². The number of nitrogens with zero attached hydrogens (tertiary/aromatic N) is 1. The summed E-state index contributed by atoms with van der Waals surface area (Å²) in [5, 5.41) is 3.05. The maximum Gasteiger partial charge on any atom is 0.267 e. The average Bonchev–Trinajstić information content (AvgIpc) is 2.63. The molecule has 0 radical (unpaired) electrons. The zero-order valence-electron chi connectivity index (χ0n) is 8.18. The van der Waals surface area contributed by atoms with Crippen molar-refractivity contribution in [3.05, 3.63) is 46.8 Å². The van der Waals surface area contributed by atoms with Crippen LogP contribution in [0.25, 0.3) is 11.3 Å². The SMILES string of the molecule is O=c1cc(-c2ccccc2)[nH]n1CCS. The molecule has 0 spiro atoms. The normalized spacial score (nSPS) is 10.5. The molecule has 0 aliphatic rings. The number of H-pyrrole nitrogens is 1. The van der Waals surface area contributed by atoms with Gasteiger partial charge in [0, 0.05) is 11.8 Å². The Morgan fingerprint density at radius 3 is 2.67 bits per heavy atom. The molecular weight excluding hydrogens is 208 g/mol. The Hall–Kier alpha value is -1.42. The highest BCUT2D eigenvalue weighted by molar-refractivity contribution is 7.80. The molecule has 0 saturated heterocycles. The fourth-order valence-corrected chi connectivity index (χ4v) is 1.67. The minimum Gasteiger partial charge on any atom is -0.295 e. The van der Waals surface area contributed by atoms with Gasteiger partial charge in [0.25, 0.3) is 5.56 Å². The molecule has 2 aromatic rings. The van der Waals surface area contributed by atoms with E-state index in [2.05, 4.69) is 17.7 Å². The molecule has 1 aromatic heterocycles. The van der Waals surface area contributed by atoms with Gasteiger partial charge in [-0.05, 0) is 5.56 Å². The summed E-state index contributed by atoms with van der Waals surface area (Å²) in [6.45, 7) is 0.606. The number of thiol groups is 1. The van der Waals surface area contributed by atoms with Crippen LogP contribution < -0.4 is 5.56 Å². The van der Waals surface area contributed by atoms with Crippen molar-refractivity contribution in [2.45, 2.75) is 6.54 Å². The van der Waals surface area contributed by atoms with Gasteiger partial charge in [-0.1, -0.05) is 30.3 Å². The van der Waals surface area contributed by atoms with Crippen LogP contribution >= 0.6 is 12.6 Å². The molecule has 0 amide bonds. The Labute approximate surface area is 93.1 Å². The van der Waals surface area contributed by atoms with E-state index in [4.69, 9.17) is 0 Å². The number of benzene rings is 1. The Balaban J connectivity index is 2.39. The molecule has 0 saturated carbocycles. The molecule has 1 aromatic carbocycles. The molecule has 15 heavy (non-hydrogen) atoms. The topological polar surface area (TPSA) is 37.8 Å². The summed E-state index contributed by atoms with van der Waals surface area (Å²) >= 11 is 4.10. The number of hydrogen-bond acceptors (Lipinski definition) is 2. The lowest BCUT2D eigenvalue weighted by molar-refractivity contribution is 0.647. The molecule has 3 nitrogen and oxygen atoms in total. The van der Waals surface area contributed by atoms with Crippen molar-refractivity contribution < 1.29 is 0 Å². The molecule has 78 valence electrons. The van der Waals surface area contributed by atoms with Crippen molar-refractivity contribution in [1.82, 2.24) is 9.78 Å². The molecule has 2 rings (SSSR count). The van der Waals surface area contributed by atoms with E-state index in [0.29, 0.717) is 12.3 Å². The number of nitrogens with one attached hydrogen (secondary N) is 1. The van der Waals surface area contributed by atoms with E-state index >= 15 is 0 Å². The Morgan fingerprint density at radius 1 is 1.27 bits per heavy atom. The van der Waals surface area contributed by atoms with Crippen LogP contribution in [0, 0.1) is 0 Å². The lowest BCUT2D eigenvalue weighted by Gasteiger charge is -1.98. The van der Waals surface area contributed by atoms with Gasteiger partial charge in [-0.2, -0.15) is 12.6 Å². The molecule has 1 heterocycles. The molecule has 0 atom stereocenters. The van der Waals surface area contributed by atoms with Crippen LogP contribution in [-0.4, -0.2) is 15.5 Å². The predicted octanol–water partition coefficient (Wildman–Crippen LogP) is 1.77. The van der Waals surface area contributed by atoms with Gasteiger partial charge in [0.1, 0.15) is 0 Å². The third-order valence-electron chi connectivity index (χ3n) is 2.20. The zero-order chi connectivity index (χ0) is 10.7. The number of hydrogen-bond donors (Lipinski definition) is 2. The van der Waals surface area contributed by atoms with Crippen molar-refractivity contribution in [2.75, 3.05) is 5.75 Å². The van der Waals surface area contributed by atoms with E-state index in [-0.39, 0.29) is 5.56 Å². The van der Waals surface area contributed by atoms with Gasteiger partial charge in [0.15, 0.2) is 0 Å². The lowest BCUT2D eigenvalue weighted by atomic mass is 10.2. The first-order chi connectivity index (χ1) is 7.31. The van der Waals surface area contributed by atoms with Gasteiger partial charge in [-0.15, -0.1) is 0 Å². The lowest BCUT2D eigenvalue weighted by Crippen LogP contribution is -2.16. The van der Waals surface area contributed by atoms with Gasteiger partial charge in [0.05, 0.1) is 12.2 Å². The Bertz CT molecular complexity index is 487. The van der Waals surface area contributed by atoms with Gasteiger partial charge in [-0.3, -0.25) is 14.6 Å². The minimum atomic E-state index is -0.0112. The highest BCUT2D eigenvalue weighted by atomic mass is 32.1. The van der Waals surface area contributed by atoms with Gasteiger partial charge in [0.2, 0.25) is 0 Å². The van der Waals surface area contributed by atoms with E-state index in [1.54, 1.807) is 10.7 Å². The summed E-state index contributed by atoms with van der Waals surface area (Å²) < 4.78 is 1.56. The number of aromatic nitrogens is 2. The Morgan fingerprint density at radius 2 is 2.00 bits per heavy atom. The monoisotopic (exact) mass is 220 g/mol. The van der Waals surface area contributed by atoms with Gasteiger partial charge >= 0.3 is 0 Å². The maximum atomic E-state index is 11.5. The maximum absolute atomic E-state index is 11.5. The largest absolute Gasteiger partial charge is 0.295 e. The second-order valence-electron chi connectivity index (χ2n) is 3.25. The average molecular weight is 220 g/mol. The van der Waals surface area contributed by atoms with Crippen molar-refractivity contribution in [3.8, 4) is 11.3 Å². The Kier molecular flexibility index (Phi) is 2.97. The molecule has 0 aliphatic carbocycles. The van der Waals surface area contributed by atoms with Gasteiger partial charge in [-0.25, -0.2) is 0 Å². The van der Waals surface area contributed by atoms with E-state index in [1.807, 2.05) is 30.3 Å². The van der Waals surface area contributed by atoms with Crippen LogP contribution in [0.5, 0.6) is 0 Å². The van der Waals surface area contributed by atoms with Crippen LogP contribution in [0.1, 0.15) is 0 Å². The van der Waals surface area contributed by atoms with Crippen LogP contribution in [0.4, 0.5) is 0 Å². The molecule has 1 N–H and O–H groups in total. The number of aromatic amines is 1. The first-order valence-electron chi connectivity index (χ1n) is 4.77. The molecule has 0 bridgehead atoms. The van der Waals surface area contributed by atoms with Crippen molar-refractivity contribution in [3.63, 3.8) is 0 Å². The molecule has 0 aliphatic heterocycles. The second kappa shape index (κ2) is 4.40. The van der Waals surface area contributed by atoms with Crippen molar-refractivity contribution in [2.24, 2.45) is 0 Å². The summed E-state index contributed by atoms with van der Waals surface area (Å²) in [7, 11) is 0. The molecular formula is C11H12N2OS. The standard InChI is InChI=1S/C11H12N2OS/c14-11-8-10(12-13(11)6-7-15)9-4-2-1-3-5-9/h1-5,8,12,15H,6-7H2. The van der Waals surface area contributed by atoms with Gasteiger partial charge < -0.3 is 0 Å². The van der Waals surface area contributed by atoms with Crippen molar-refractivity contribution in [1.29, 1.82) is 0 Å². The third kappa shape index (κ3) is 2.15. The predicted molar refractivity (Wildman–Crippen MR) is 64.3 cm³/mol. The molecule has 0 fully saturated rings. The fourth-order valence-electron chi connectivity index (χ4n) is 1.47. The van der Waals surface area contributed by atoms with E-state index in [0.717, 1.165) is 11.3 Å². The minimum absolute atomic E-state index is 0.0112. The van der Waals surface area contributed by atoms with E-state index in [1.165, 1.54) is 0 Å². The summed E-state index contributed by atoms with van der Waals surface area (Å²) in [5.74, 6) is 0.647. The van der Waals surface area contributed by atoms with Crippen LogP contribution in [0.3, 0.4) is 0 Å². The van der Waals surface area contributed by atoms with E-state index < -0.39 is 0 Å². The smallest absolute Gasteiger partial charge is 0.267 e. The van der Waals surface area contributed by atoms with Crippen LogP contribution in [-0.2, 0) is 6.54 Å². The summed E-state index contributed by atoms with van der Waals surface area (Å²) in [6.07, 6.45) is 0. The third-order valence-corrected chi connectivity index (χ3v) is 2.40. The molecule has 4 heteroatoms. The highest BCUT2D eigenvalue weighted by Gasteiger charge is 2.03. The number of aryl methyl sites for hydroxylation is 1. The quantitative estimate of drug-likeness (QED) is 0.760. The van der Waals surface area contributed by atoms with Crippen LogP contribution in [0.15, 0.2) is 41.2 Å². The second-order valence-corrected chi connectivity index (χ2v) is 3.70. The van der Waals surface area contributed by atoms with Crippen LogP contribution in [0.2, 0.25) is 0 Å². The summed E-state index contributed by atoms with van der Waals surface area (Å²) in [5.41, 5.74) is 1.86. The first kappa shape index (κ1) is 10.1. The fraction of sp³-hybridized carbons (Fsp3) is 0.182. The van der Waals surface area contributed by atoms with E-state index in [9.17, 15) is 4.79 Å². The summed E-state index contributed by atoms with van der Waals surface area (Å²) in [6, 6.07) is 11.4. The highest BCUT2D eigenvalue weighted by Crippen LogP contribution is 2.13.